The van der Waals surface area contributed by atoms with E-state index in [1.807, 2.05) is 0 Å². The second-order valence-corrected chi connectivity index (χ2v) is 7.97. The minimum atomic E-state index is 0.272. The number of nitrogens with one attached hydrogen (secondary N) is 1. The van der Waals surface area contributed by atoms with Crippen molar-refractivity contribution in [3.8, 4) is 0 Å². The highest BCUT2D eigenvalue weighted by Gasteiger charge is 2.42. The molecule has 0 amide bonds. The molecule has 0 aromatic heterocycles. The first-order chi connectivity index (χ1) is 11.1. The summed E-state index contributed by atoms with van der Waals surface area (Å²) in [7, 11) is 4.43. The van der Waals surface area contributed by atoms with E-state index in [1.54, 1.807) is 0 Å². The Labute approximate surface area is 141 Å². The van der Waals surface area contributed by atoms with E-state index in [2.05, 4.69) is 36.1 Å². The van der Waals surface area contributed by atoms with Crippen LogP contribution >= 0.6 is 0 Å². The lowest BCUT2D eigenvalue weighted by Gasteiger charge is -2.35. The lowest BCUT2D eigenvalue weighted by molar-refractivity contribution is 0.156. The molecule has 0 aromatic carbocycles. The number of hydrogen-bond acceptors (Lipinski definition) is 3. The summed E-state index contributed by atoms with van der Waals surface area (Å²) in [6.45, 7) is 8.11. The minimum Gasteiger partial charge on any atom is -0.381 e. The van der Waals surface area contributed by atoms with Crippen LogP contribution in [0.4, 0.5) is 0 Å². The number of rotatable bonds is 4. The molecule has 0 aromatic rings. The van der Waals surface area contributed by atoms with Crippen molar-refractivity contribution in [2.24, 2.45) is 10.4 Å². The molecule has 1 aliphatic carbocycles. The van der Waals surface area contributed by atoms with Gasteiger partial charge in [-0.1, -0.05) is 12.8 Å². The summed E-state index contributed by atoms with van der Waals surface area (Å²) in [6, 6.07) is 0. The van der Waals surface area contributed by atoms with Gasteiger partial charge in [-0.3, -0.25) is 4.99 Å². The molecule has 5 nitrogen and oxygen atoms in total. The van der Waals surface area contributed by atoms with Crippen LogP contribution in [0, 0.1) is 5.41 Å². The second-order valence-electron chi connectivity index (χ2n) is 7.97. The SMILES string of the molecule is CCNC(=NCC1(N(C)C)CCCC1)N1CCC2(CCOC2)C1. The van der Waals surface area contributed by atoms with E-state index in [-0.39, 0.29) is 5.54 Å². The Bertz CT molecular complexity index is 423. The minimum absolute atomic E-state index is 0.272. The monoisotopic (exact) mass is 322 g/mol. The summed E-state index contributed by atoms with van der Waals surface area (Å²) in [4.78, 5) is 9.95. The van der Waals surface area contributed by atoms with E-state index < -0.39 is 0 Å². The molecule has 3 fully saturated rings. The lowest BCUT2D eigenvalue weighted by Crippen LogP contribution is -2.47. The Morgan fingerprint density at radius 1 is 1.22 bits per heavy atom. The summed E-state index contributed by atoms with van der Waals surface area (Å²) in [5, 5.41) is 3.53. The fraction of sp³-hybridized carbons (Fsp3) is 0.944. The molecule has 3 rings (SSSR count). The van der Waals surface area contributed by atoms with Crippen LogP contribution in [0.2, 0.25) is 0 Å². The summed E-state index contributed by atoms with van der Waals surface area (Å²) in [5.41, 5.74) is 0.664. The molecule has 3 aliphatic rings. The number of nitrogens with zero attached hydrogens (tertiary/aromatic N) is 3. The molecular formula is C18H34N4O. The molecule has 2 heterocycles. The van der Waals surface area contributed by atoms with Crippen LogP contribution in [-0.2, 0) is 4.74 Å². The Hall–Kier alpha value is -0.810. The van der Waals surface area contributed by atoms with Gasteiger partial charge >= 0.3 is 0 Å². The van der Waals surface area contributed by atoms with Crippen molar-refractivity contribution in [3.63, 3.8) is 0 Å². The van der Waals surface area contributed by atoms with Gasteiger partial charge in [-0.2, -0.15) is 0 Å². The molecule has 1 N–H and O–H groups in total. The molecule has 2 saturated heterocycles. The number of aliphatic imine (C=N–C) groups is 1. The average Bonchev–Trinajstić information content (AvgIpc) is 3.26. The number of hydrogen-bond donors (Lipinski definition) is 1. The van der Waals surface area contributed by atoms with Crippen LogP contribution in [0.15, 0.2) is 4.99 Å². The van der Waals surface area contributed by atoms with E-state index in [0.29, 0.717) is 5.41 Å². The van der Waals surface area contributed by atoms with Crippen LogP contribution in [-0.4, -0.2) is 74.8 Å². The average molecular weight is 322 g/mol. The molecule has 1 atom stereocenters. The third-order valence-electron chi connectivity index (χ3n) is 6.26. The Balaban J connectivity index is 1.68. The van der Waals surface area contributed by atoms with Crippen molar-refractivity contribution < 1.29 is 4.74 Å². The van der Waals surface area contributed by atoms with E-state index in [1.165, 1.54) is 38.5 Å². The number of likely N-dealkylation sites (N-methyl/N-ethyl adjacent to an activating group) is 1. The first kappa shape index (κ1) is 17.0. The van der Waals surface area contributed by atoms with Crippen molar-refractivity contribution in [3.05, 3.63) is 0 Å². The topological polar surface area (TPSA) is 40.1 Å². The highest BCUT2D eigenvalue weighted by atomic mass is 16.5. The smallest absolute Gasteiger partial charge is 0.194 e. The molecule has 0 radical (unpaired) electrons. The maximum atomic E-state index is 5.67. The highest BCUT2D eigenvalue weighted by Crippen LogP contribution is 2.38. The second kappa shape index (κ2) is 6.98. The Morgan fingerprint density at radius 3 is 2.61 bits per heavy atom. The largest absolute Gasteiger partial charge is 0.381 e. The predicted molar refractivity (Wildman–Crippen MR) is 94.9 cm³/mol. The summed E-state index contributed by atoms with van der Waals surface area (Å²) in [5.74, 6) is 1.12. The maximum Gasteiger partial charge on any atom is 0.194 e. The fourth-order valence-corrected chi connectivity index (χ4v) is 4.52. The van der Waals surface area contributed by atoms with Gasteiger partial charge in [-0.05, 0) is 46.7 Å². The first-order valence-corrected chi connectivity index (χ1v) is 9.38. The third kappa shape index (κ3) is 3.50. The maximum absolute atomic E-state index is 5.67. The van der Waals surface area contributed by atoms with Gasteiger partial charge in [0.1, 0.15) is 0 Å². The van der Waals surface area contributed by atoms with Gasteiger partial charge in [0, 0.05) is 37.2 Å². The van der Waals surface area contributed by atoms with Crippen LogP contribution in [0.3, 0.4) is 0 Å². The van der Waals surface area contributed by atoms with Crippen LogP contribution in [0.25, 0.3) is 0 Å². The van der Waals surface area contributed by atoms with E-state index in [4.69, 9.17) is 9.73 Å². The van der Waals surface area contributed by atoms with Crippen LogP contribution < -0.4 is 5.32 Å². The Morgan fingerprint density at radius 2 is 2.00 bits per heavy atom. The van der Waals surface area contributed by atoms with Gasteiger partial charge in [0.25, 0.3) is 0 Å². The van der Waals surface area contributed by atoms with Crippen molar-refractivity contribution in [2.75, 3.05) is 53.5 Å². The van der Waals surface area contributed by atoms with Crippen LogP contribution in [0.5, 0.6) is 0 Å². The standard InChI is InChI=1S/C18H34N4O/c1-4-19-16(20-13-18(21(2)3)7-5-6-8-18)22-11-9-17(14-22)10-12-23-15-17/h4-15H2,1-3H3,(H,19,20). The molecule has 1 spiro atoms. The molecule has 5 heteroatoms. The predicted octanol–water partition coefficient (Wildman–Crippen LogP) is 1.94. The van der Waals surface area contributed by atoms with Gasteiger partial charge < -0.3 is 19.9 Å². The fourth-order valence-electron chi connectivity index (χ4n) is 4.52. The zero-order valence-electron chi connectivity index (χ0n) is 15.2. The summed E-state index contributed by atoms with van der Waals surface area (Å²) < 4.78 is 5.67. The summed E-state index contributed by atoms with van der Waals surface area (Å²) >= 11 is 0. The quantitative estimate of drug-likeness (QED) is 0.634. The molecule has 2 aliphatic heterocycles. The number of ether oxygens (including phenoxy) is 1. The van der Waals surface area contributed by atoms with Crippen molar-refractivity contribution in [1.82, 2.24) is 15.1 Å². The van der Waals surface area contributed by atoms with E-state index in [9.17, 15) is 0 Å². The molecule has 23 heavy (non-hydrogen) atoms. The summed E-state index contributed by atoms with van der Waals surface area (Å²) in [6.07, 6.45) is 7.70. The highest BCUT2D eigenvalue weighted by molar-refractivity contribution is 5.80. The van der Waals surface area contributed by atoms with E-state index >= 15 is 0 Å². The van der Waals surface area contributed by atoms with Crippen molar-refractivity contribution in [1.29, 1.82) is 0 Å². The molecule has 1 unspecified atom stereocenters. The molecule has 0 bridgehead atoms. The molecular weight excluding hydrogens is 288 g/mol. The number of guanidine groups is 1. The van der Waals surface area contributed by atoms with E-state index in [0.717, 1.165) is 45.4 Å². The van der Waals surface area contributed by atoms with Crippen LogP contribution in [0.1, 0.15) is 45.4 Å². The zero-order valence-corrected chi connectivity index (χ0v) is 15.2. The Kier molecular flexibility index (Phi) is 5.16. The zero-order chi connectivity index (χ0) is 16.3. The number of likely N-dealkylation sites (tertiary alicyclic amines) is 1. The molecule has 132 valence electrons. The van der Waals surface area contributed by atoms with Gasteiger partial charge in [0.2, 0.25) is 0 Å². The third-order valence-corrected chi connectivity index (χ3v) is 6.26. The van der Waals surface area contributed by atoms with Gasteiger partial charge in [0.15, 0.2) is 5.96 Å². The van der Waals surface area contributed by atoms with Gasteiger partial charge in [-0.25, -0.2) is 0 Å². The van der Waals surface area contributed by atoms with Gasteiger partial charge in [0.05, 0.1) is 13.2 Å². The molecule has 1 saturated carbocycles. The van der Waals surface area contributed by atoms with Crippen molar-refractivity contribution >= 4 is 5.96 Å². The lowest BCUT2D eigenvalue weighted by atomic mass is 9.87. The van der Waals surface area contributed by atoms with Gasteiger partial charge in [-0.15, -0.1) is 0 Å². The first-order valence-electron chi connectivity index (χ1n) is 9.38. The normalized spacial score (nSPS) is 30.8. The van der Waals surface area contributed by atoms with Crippen molar-refractivity contribution in [2.45, 2.75) is 51.0 Å².